The zero-order chi connectivity index (χ0) is 13.7. The van der Waals surface area contributed by atoms with Crippen molar-refractivity contribution in [3.05, 3.63) is 22.1 Å². The second-order valence-corrected chi connectivity index (χ2v) is 4.88. The Morgan fingerprint density at radius 1 is 1.56 bits per heavy atom. The number of carboxylic acid groups (broad SMARTS) is 1. The quantitative estimate of drug-likeness (QED) is 0.845. The van der Waals surface area contributed by atoms with Gasteiger partial charge in [-0.25, -0.2) is 0 Å². The van der Waals surface area contributed by atoms with Crippen LogP contribution < -0.4 is 5.32 Å². The van der Waals surface area contributed by atoms with Crippen molar-refractivity contribution in [3.8, 4) is 0 Å². The van der Waals surface area contributed by atoms with E-state index in [9.17, 15) is 9.59 Å². The Bertz CT molecular complexity index is 441. The molecule has 6 heteroatoms. The van der Waals surface area contributed by atoms with Crippen LogP contribution in [0.5, 0.6) is 0 Å². The van der Waals surface area contributed by atoms with Crippen LogP contribution in [0, 0.1) is 12.8 Å². The van der Waals surface area contributed by atoms with Gasteiger partial charge in [-0.05, 0) is 35.3 Å². The van der Waals surface area contributed by atoms with Crippen LogP contribution in [0.25, 0.3) is 0 Å². The largest absolute Gasteiger partial charge is 0.481 e. The third kappa shape index (κ3) is 3.87. The lowest BCUT2D eigenvalue weighted by Crippen LogP contribution is -2.33. The summed E-state index contributed by atoms with van der Waals surface area (Å²) in [5.41, 5.74) is 0.710. The Morgan fingerprint density at radius 2 is 2.22 bits per heavy atom. The van der Waals surface area contributed by atoms with Gasteiger partial charge in [0.1, 0.15) is 0 Å². The number of hydrogen-bond acceptors (Lipinski definition) is 3. The van der Waals surface area contributed by atoms with Crippen molar-refractivity contribution in [2.24, 2.45) is 5.92 Å². The van der Waals surface area contributed by atoms with Crippen LogP contribution in [0.3, 0.4) is 0 Å². The summed E-state index contributed by atoms with van der Waals surface area (Å²) in [6.07, 6.45) is 1.30. The van der Waals surface area contributed by atoms with Crippen LogP contribution in [0.1, 0.15) is 35.9 Å². The summed E-state index contributed by atoms with van der Waals surface area (Å²) < 4.78 is 5.67. The number of aliphatic carboxylic acids is 1. The van der Waals surface area contributed by atoms with Gasteiger partial charge >= 0.3 is 5.97 Å². The molecule has 1 amide bonds. The fourth-order valence-corrected chi connectivity index (χ4v) is 2.13. The summed E-state index contributed by atoms with van der Waals surface area (Å²) in [6.45, 7) is 3.77. The lowest BCUT2D eigenvalue weighted by atomic mass is 10.0. The number of halogens is 1. The fourth-order valence-electron chi connectivity index (χ4n) is 1.63. The molecule has 0 aliphatic heterocycles. The van der Waals surface area contributed by atoms with Gasteiger partial charge in [0, 0.05) is 12.1 Å². The summed E-state index contributed by atoms with van der Waals surface area (Å²) >= 11 is 3.14. The predicted molar refractivity (Wildman–Crippen MR) is 69.5 cm³/mol. The highest BCUT2D eigenvalue weighted by molar-refractivity contribution is 9.10. The van der Waals surface area contributed by atoms with E-state index in [2.05, 4.69) is 21.2 Å². The van der Waals surface area contributed by atoms with Crippen LogP contribution in [-0.2, 0) is 4.79 Å². The summed E-state index contributed by atoms with van der Waals surface area (Å²) in [5, 5.41) is 11.5. The number of furan rings is 1. The monoisotopic (exact) mass is 317 g/mol. The van der Waals surface area contributed by atoms with Crippen LogP contribution in [0.4, 0.5) is 0 Å². The number of rotatable bonds is 6. The number of nitrogens with one attached hydrogen (secondary N) is 1. The van der Waals surface area contributed by atoms with Gasteiger partial charge in [-0.3, -0.25) is 9.59 Å². The van der Waals surface area contributed by atoms with Gasteiger partial charge in [0.2, 0.25) is 0 Å². The molecular weight excluding hydrogens is 302 g/mol. The SMILES string of the molecule is CCCC(CNC(=O)c1oc(Br)cc1C)C(=O)O. The van der Waals surface area contributed by atoms with E-state index < -0.39 is 11.9 Å². The third-order valence-electron chi connectivity index (χ3n) is 2.59. The zero-order valence-corrected chi connectivity index (χ0v) is 11.9. The summed E-state index contributed by atoms with van der Waals surface area (Å²) in [6, 6.07) is 1.69. The molecule has 1 aromatic rings. The van der Waals surface area contributed by atoms with E-state index in [4.69, 9.17) is 9.52 Å². The smallest absolute Gasteiger partial charge is 0.308 e. The Hall–Kier alpha value is -1.30. The Morgan fingerprint density at radius 3 is 2.67 bits per heavy atom. The first-order valence-electron chi connectivity index (χ1n) is 5.72. The lowest BCUT2D eigenvalue weighted by molar-refractivity contribution is -0.141. The van der Waals surface area contributed by atoms with Crippen LogP contribution >= 0.6 is 15.9 Å². The number of aryl methyl sites for hydroxylation is 1. The van der Waals surface area contributed by atoms with Gasteiger partial charge in [-0.1, -0.05) is 13.3 Å². The summed E-state index contributed by atoms with van der Waals surface area (Å²) in [5.74, 6) is -1.63. The Balaban J connectivity index is 2.60. The zero-order valence-electron chi connectivity index (χ0n) is 10.3. The molecular formula is C12H16BrNO4. The minimum absolute atomic E-state index is 0.111. The van der Waals surface area contributed by atoms with Crippen molar-refractivity contribution >= 4 is 27.8 Å². The highest BCUT2D eigenvalue weighted by Crippen LogP contribution is 2.19. The molecule has 1 heterocycles. The summed E-state index contributed by atoms with van der Waals surface area (Å²) in [4.78, 5) is 22.7. The molecule has 2 N–H and O–H groups in total. The van der Waals surface area contributed by atoms with Crippen molar-refractivity contribution in [1.82, 2.24) is 5.32 Å². The molecule has 5 nitrogen and oxygen atoms in total. The standard InChI is InChI=1S/C12H16BrNO4/c1-3-4-8(12(16)17)6-14-11(15)10-7(2)5-9(13)18-10/h5,8H,3-4,6H2,1-2H3,(H,14,15)(H,16,17). The van der Waals surface area contributed by atoms with Crippen molar-refractivity contribution in [2.75, 3.05) is 6.54 Å². The number of amides is 1. The molecule has 18 heavy (non-hydrogen) atoms. The van der Waals surface area contributed by atoms with E-state index in [0.29, 0.717) is 16.7 Å². The van der Waals surface area contributed by atoms with E-state index in [-0.39, 0.29) is 18.2 Å². The number of carbonyl (C=O) groups excluding carboxylic acids is 1. The predicted octanol–water partition coefficient (Wildman–Crippen LogP) is 2.58. The van der Waals surface area contributed by atoms with Crippen molar-refractivity contribution in [1.29, 1.82) is 0 Å². The van der Waals surface area contributed by atoms with E-state index in [1.807, 2.05) is 6.92 Å². The van der Waals surface area contributed by atoms with Crippen molar-refractivity contribution < 1.29 is 19.1 Å². The topological polar surface area (TPSA) is 79.5 Å². The molecule has 0 spiro atoms. The average molecular weight is 318 g/mol. The molecule has 1 atom stereocenters. The number of carbonyl (C=O) groups is 2. The Kier molecular flexibility index (Phi) is 5.40. The molecule has 0 aromatic carbocycles. The highest BCUT2D eigenvalue weighted by Gasteiger charge is 2.20. The normalized spacial score (nSPS) is 12.2. The molecule has 1 aromatic heterocycles. The molecule has 0 aliphatic rings. The van der Waals surface area contributed by atoms with Gasteiger partial charge in [0.15, 0.2) is 10.4 Å². The third-order valence-corrected chi connectivity index (χ3v) is 2.98. The van der Waals surface area contributed by atoms with E-state index in [0.717, 1.165) is 6.42 Å². The molecule has 0 saturated heterocycles. The molecule has 0 bridgehead atoms. The molecule has 0 aliphatic carbocycles. The highest BCUT2D eigenvalue weighted by atomic mass is 79.9. The van der Waals surface area contributed by atoms with Crippen molar-refractivity contribution in [3.63, 3.8) is 0 Å². The van der Waals surface area contributed by atoms with Crippen molar-refractivity contribution in [2.45, 2.75) is 26.7 Å². The number of carboxylic acids is 1. The first kappa shape index (κ1) is 14.8. The maximum Gasteiger partial charge on any atom is 0.308 e. The number of hydrogen-bond donors (Lipinski definition) is 2. The van der Waals surface area contributed by atoms with Gasteiger partial charge < -0.3 is 14.8 Å². The van der Waals surface area contributed by atoms with Gasteiger partial charge in [0.05, 0.1) is 5.92 Å². The maximum atomic E-state index is 11.8. The van der Waals surface area contributed by atoms with E-state index >= 15 is 0 Å². The first-order valence-corrected chi connectivity index (χ1v) is 6.52. The average Bonchev–Trinajstić information content (AvgIpc) is 2.63. The fraction of sp³-hybridized carbons (Fsp3) is 0.500. The van der Waals surface area contributed by atoms with E-state index in [1.54, 1.807) is 13.0 Å². The molecule has 0 fully saturated rings. The second kappa shape index (κ2) is 6.58. The lowest BCUT2D eigenvalue weighted by Gasteiger charge is -2.11. The molecule has 0 saturated carbocycles. The Labute approximate surface area is 114 Å². The molecule has 100 valence electrons. The second-order valence-electron chi connectivity index (χ2n) is 4.10. The molecule has 1 rings (SSSR count). The maximum absolute atomic E-state index is 11.8. The minimum atomic E-state index is -0.894. The van der Waals surface area contributed by atoms with E-state index in [1.165, 1.54) is 0 Å². The molecule has 1 unspecified atom stereocenters. The van der Waals surface area contributed by atoms with Crippen LogP contribution in [0.2, 0.25) is 0 Å². The van der Waals surface area contributed by atoms with Crippen LogP contribution in [-0.4, -0.2) is 23.5 Å². The van der Waals surface area contributed by atoms with Gasteiger partial charge in [0.25, 0.3) is 5.91 Å². The van der Waals surface area contributed by atoms with Gasteiger partial charge in [-0.15, -0.1) is 0 Å². The van der Waals surface area contributed by atoms with Crippen LogP contribution in [0.15, 0.2) is 15.2 Å². The van der Waals surface area contributed by atoms with Gasteiger partial charge in [-0.2, -0.15) is 0 Å². The first-order chi connectivity index (χ1) is 8.45. The summed E-state index contributed by atoms with van der Waals surface area (Å²) in [7, 11) is 0. The minimum Gasteiger partial charge on any atom is -0.481 e. The molecule has 0 radical (unpaired) electrons.